The Morgan fingerprint density at radius 3 is 2.11 bits per heavy atom. The third kappa shape index (κ3) is 4.54. The SMILES string of the molecule is CP(=O)(O)Oc1c(-c2c(O)ccc3ccccc23)cc(NS(=O)(=O)c2ccccc2)c2ccccc12. The molecule has 0 fully saturated rings. The number of benzene rings is 5. The van der Waals surface area contributed by atoms with Crippen LogP contribution in [0.2, 0.25) is 0 Å². The van der Waals surface area contributed by atoms with Crippen LogP contribution in [0.25, 0.3) is 32.7 Å². The van der Waals surface area contributed by atoms with Gasteiger partial charge in [0.2, 0.25) is 0 Å². The maximum absolute atomic E-state index is 13.2. The van der Waals surface area contributed by atoms with Gasteiger partial charge >= 0.3 is 7.60 Å². The molecule has 0 aliphatic rings. The number of hydrogen-bond acceptors (Lipinski definition) is 5. The van der Waals surface area contributed by atoms with Crippen molar-refractivity contribution >= 4 is 44.9 Å². The van der Waals surface area contributed by atoms with Gasteiger partial charge in [0.1, 0.15) is 11.5 Å². The molecule has 36 heavy (non-hydrogen) atoms. The highest BCUT2D eigenvalue weighted by Gasteiger charge is 2.25. The number of hydrogen-bond donors (Lipinski definition) is 3. The minimum absolute atomic E-state index is 0.0632. The third-order valence-electron chi connectivity index (χ3n) is 5.73. The first kappa shape index (κ1) is 23.9. The molecule has 0 saturated heterocycles. The van der Waals surface area contributed by atoms with Crippen molar-refractivity contribution in [3.63, 3.8) is 0 Å². The van der Waals surface area contributed by atoms with Crippen LogP contribution in [0.5, 0.6) is 11.5 Å². The lowest BCUT2D eigenvalue weighted by atomic mass is 9.93. The van der Waals surface area contributed by atoms with Gasteiger partial charge in [0, 0.05) is 28.6 Å². The summed E-state index contributed by atoms with van der Waals surface area (Å²) in [7, 11) is -8.00. The first-order valence-electron chi connectivity index (χ1n) is 11.0. The molecular weight excluding hydrogens is 497 g/mol. The van der Waals surface area contributed by atoms with Crippen LogP contribution in [-0.2, 0) is 14.6 Å². The number of nitrogens with one attached hydrogen (secondary N) is 1. The van der Waals surface area contributed by atoms with Crippen molar-refractivity contribution in [1.29, 1.82) is 0 Å². The summed E-state index contributed by atoms with van der Waals surface area (Å²) in [6.07, 6.45) is 0. The van der Waals surface area contributed by atoms with E-state index >= 15 is 0 Å². The van der Waals surface area contributed by atoms with E-state index in [1.165, 1.54) is 24.3 Å². The number of anilines is 1. The smallest absolute Gasteiger partial charge is 0.373 e. The van der Waals surface area contributed by atoms with Gasteiger partial charge in [-0.05, 0) is 35.0 Å². The van der Waals surface area contributed by atoms with Crippen LogP contribution in [0.3, 0.4) is 0 Å². The lowest BCUT2D eigenvalue weighted by molar-refractivity contribution is 0.389. The summed E-state index contributed by atoms with van der Waals surface area (Å²) in [5, 5.41) is 13.3. The fraction of sp³-hybridized carbons (Fsp3) is 0.0370. The molecule has 0 radical (unpaired) electrons. The second-order valence-corrected chi connectivity index (χ2v) is 11.8. The summed E-state index contributed by atoms with van der Waals surface area (Å²) in [5.74, 6) is -0.0252. The normalized spacial score (nSPS) is 13.4. The number of phenolic OH excluding ortho intramolecular Hbond substituents is 1. The summed E-state index contributed by atoms with van der Waals surface area (Å²) >= 11 is 0. The quantitative estimate of drug-likeness (QED) is 0.225. The summed E-state index contributed by atoms with van der Waals surface area (Å²) < 4.78 is 47.1. The molecule has 1 unspecified atom stereocenters. The van der Waals surface area contributed by atoms with Gasteiger partial charge in [-0.3, -0.25) is 4.72 Å². The number of aromatic hydroxyl groups is 1. The van der Waals surface area contributed by atoms with Gasteiger partial charge in [0.15, 0.2) is 0 Å². The number of fused-ring (bicyclic) bond motifs is 2. The van der Waals surface area contributed by atoms with Gasteiger partial charge in [-0.2, -0.15) is 0 Å². The summed E-state index contributed by atoms with van der Waals surface area (Å²) in [5.41, 5.74) is 0.848. The Balaban J connectivity index is 1.85. The number of phenols is 1. The van der Waals surface area contributed by atoms with Crippen molar-refractivity contribution in [3.8, 4) is 22.6 Å². The molecule has 3 N–H and O–H groups in total. The first-order chi connectivity index (χ1) is 17.1. The molecule has 9 heteroatoms. The Bertz CT molecular complexity index is 1760. The predicted octanol–water partition coefficient (Wildman–Crippen LogP) is 6.36. The minimum Gasteiger partial charge on any atom is -0.507 e. The summed E-state index contributed by atoms with van der Waals surface area (Å²) in [6.45, 7) is 1.07. The summed E-state index contributed by atoms with van der Waals surface area (Å²) in [4.78, 5) is 10.2. The van der Waals surface area contributed by atoms with Crippen LogP contribution in [0.1, 0.15) is 0 Å². The van der Waals surface area contributed by atoms with E-state index in [9.17, 15) is 23.0 Å². The van der Waals surface area contributed by atoms with Gasteiger partial charge < -0.3 is 14.5 Å². The molecule has 0 spiro atoms. The van der Waals surface area contributed by atoms with Crippen molar-refractivity contribution in [1.82, 2.24) is 0 Å². The monoisotopic (exact) mass is 519 g/mol. The molecule has 5 aromatic carbocycles. The average molecular weight is 520 g/mol. The lowest BCUT2D eigenvalue weighted by Crippen LogP contribution is -2.13. The largest absolute Gasteiger partial charge is 0.507 e. The standard InChI is InChI=1S/C27H22NO6PS/c1-35(30,31)34-27-22-14-8-7-13-21(22)24(28-36(32,33)19-10-3-2-4-11-19)17-23(27)26-20-12-6-5-9-18(20)15-16-25(26)29/h2-17,28-29H,1H3,(H,30,31). The topological polar surface area (TPSA) is 113 Å². The molecule has 0 aromatic heterocycles. The number of sulfonamides is 1. The van der Waals surface area contributed by atoms with Gasteiger partial charge in [-0.25, -0.2) is 13.0 Å². The zero-order valence-corrected chi connectivity index (χ0v) is 20.8. The van der Waals surface area contributed by atoms with Crippen molar-refractivity contribution in [2.24, 2.45) is 0 Å². The van der Waals surface area contributed by atoms with Gasteiger partial charge in [-0.15, -0.1) is 0 Å². The number of rotatable bonds is 6. The Morgan fingerprint density at radius 1 is 0.806 bits per heavy atom. The molecule has 0 heterocycles. The average Bonchev–Trinajstić information content (AvgIpc) is 2.85. The predicted molar refractivity (Wildman–Crippen MR) is 142 cm³/mol. The highest BCUT2D eigenvalue weighted by atomic mass is 32.2. The Morgan fingerprint density at radius 2 is 1.42 bits per heavy atom. The fourth-order valence-electron chi connectivity index (χ4n) is 4.23. The third-order valence-corrected chi connectivity index (χ3v) is 7.63. The van der Waals surface area contributed by atoms with Crippen molar-refractivity contribution in [3.05, 3.63) is 97.1 Å². The van der Waals surface area contributed by atoms with Crippen LogP contribution in [0, 0.1) is 0 Å². The molecule has 0 saturated carbocycles. The van der Waals surface area contributed by atoms with Crippen LogP contribution in [0.4, 0.5) is 5.69 Å². The van der Waals surface area contributed by atoms with E-state index in [0.717, 1.165) is 12.1 Å². The van der Waals surface area contributed by atoms with Crippen LogP contribution < -0.4 is 9.25 Å². The maximum Gasteiger partial charge on any atom is 0.373 e. The minimum atomic E-state index is -4.04. The maximum atomic E-state index is 13.2. The molecule has 5 rings (SSSR count). The fourth-order valence-corrected chi connectivity index (χ4v) is 5.86. The van der Waals surface area contributed by atoms with Crippen molar-refractivity contribution < 1.29 is 27.5 Å². The molecule has 0 aliphatic heterocycles. The Hall–Kier alpha value is -3.84. The Kier molecular flexibility index (Phi) is 5.96. The molecule has 182 valence electrons. The van der Waals surface area contributed by atoms with E-state index < -0.39 is 17.6 Å². The molecular formula is C27H22NO6PS. The lowest BCUT2D eigenvalue weighted by Gasteiger charge is -2.21. The molecule has 7 nitrogen and oxygen atoms in total. The van der Waals surface area contributed by atoms with Crippen molar-refractivity contribution in [2.75, 3.05) is 11.4 Å². The molecule has 5 aromatic rings. The molecule has 0 amide bonds. The zero-order chi connectivity index (χ0) is 25.5. The second kappa shape index (κ2) is 8.99. The molecule has 0 bridgehead atoms. The summed E-state index contributed by atoms with van der Waals surface area (Å²) in [6, 6.07) is 26.9. The van der Waals surface area contributed by atoms with Crippen LogP contribution in [-0.4, -0.2) is 25.1 Å². The van der Waals surface area contributed by atoms with Gasteiger partial charge in [0.25, 0.3) is 10.0 Å². The Labute approximate surface area is 208 Å². The van der Waals surface area contributed by atoms with Crippen LogP contribution >= 0.6 is 7.60 Å². The van der Waals surface area contributed by atoms with Crippen LogP contribution in [0.15, 0.2) is 102 Å². The molecule has 1 atom stereocenters. The van der Waals surface area contributed by atoms with E-state index in [0.29, 0.717) is 21.7 Å². The van der Waals surface area contributed by atoms with Gasteiger partial charge in [-0.1, -0.05) is 72.8 Å². The second-order valence-electron chi connectivity index (χ2n) is 8.34. The van der Waals surface area contributed by atoms with E-state index in [-0.39, 0.29) is 27.6 Å². The highest BCUT2D eigenvalue weighted by molar-refractivity contribution is 7.92. The van der Waals surface area contributed by atoms with Gasteiger partial charge in [0.05, 0.1) is 10.6 Å². The van der Waals surface area contributed by atoms with E-state index in [1.54, 1.807) is 48.5 Å². The first-order valence-corrected chi connectivity index (χ1v) is 14.5. The highest BCUT2D eigenvalue weighted by Crippen LogP contribution is 2.51. The molecule has 0 aliphatic carbocycles. The zero-order valence-electron chi connectivity index (χ0n) is 19.1. The van der Waals surface area contributed by atoms with E-state index in [4.69, 9.17) is 4.52 Å². The van der Waals surface area contributed by atoms with Crippen molar-refractivity contribution in [2.45, 2.75) is 4.90 Å². The van der Waals surface area contributed by atoms with E-state index in [1.807, 2.05) is 24.3 Å². The van der Waals surface area contributed by atoms with E-state index in [2.05, 4.69) is 4.72 Å².